The summed E-state index contributed by atoms with van der Waals surface area (Å²) >= 11 is 0. The Bertz CT molecular complexity index is 1150. The molecule has 2 heterocycles. The zero-order valence-electron chi connectivity index (χ0n) is 19.0. The van der Waals surface area contributed by atoms with E-state index < -0.39 is 11.0 Å². The Morgan fingerprint density at radius 3 is 2.48 bits per heavy atom. The Hall–Kier alpha value is -3.59. The first-order valence-corrected chi connectivity index (χ1v) is 10.9. The number of nitrogens with zero attached hydrogens (tertiary/aromatic N) is 4. The van der Waals surface area contributed by atoms with Crippen molar-refractivity contribution in [3.63, 3.8) is 0 Å². The summed E-state index contributed by atoms with van der Waals surface area (Å²) in [6.07, 6.45) is 8.03. The molecule has 1 atom stereocenters. The highest BCUT2D eigenvalue weighted by Crippen LogP contribution is 2.50. The fourth-order valence-electron chi connectivity index (χ4n) is 3.87. The summed E-state index contributed by atoms with van der Waals surface area (Å²) in [6.45, 7) is 5.85. The van der Waals surface area contributed by atoms with Gasteiger partial charge in [0, 0.05) is 18.0 Å². The van der Waals surface area contributed by atoms with Crippen molar-refractivity contribution in [3.8, 4) is 11.6 Å². The van der Waals surface area contributed by atoms with Crippen LogP contribution in [0.4, 0.5) is 5.82 Å². The quantitative estimate of drug-likeness (QED) is 0.365. The van der Waals surface area contributed by atoms with Crippen LogP contribution in [-0.2, 0) is 5.41 Å². The van der Waals surface area contributed by atoms with E-state index in [4.69, 9.17) is 20.7 Å². The SMILES string of the molecule is CC(C)(CO)Nc1cnc(-c2nc(C(C)(c3ccc(/C(C=N)=C/N)cc3)C3CC3)no2)cn1. The summed E-state index contributed by atoms with van der Waals surface area (Å²) in [6, 6.07) is 8.01. The van der Waals surface area contributed by atoms with Gasteiger partial charge in [0.15, 0.2) is 5.82 Å². The molecule has 0 bridgehead atoms. The molecule has 2 aromatic heterocycles. The number of aliphatic hydroxyl groups is 1. The van der Waals surface area contributed by atoms with Gasteiger partial charge in [0.1, 0.15) is 11.5 Å². The Morgan fingerprint density at radius 1 is 1.21 bits per heavy atom. The number of nitrogens with two attached hydrogens (primary N) is 1. The van der Waals surface area contributed by atoms with Crippen LogP contribution in [0.3, 0.4) is 0 Å². The first-order chi connectivity index (χ1) is 15.8. The van der Waals surface area contributed by atoms with Crippen LogP contribution in [0.5, 0.6) is 0 Å². The number of aromatic nitrogens is 4. The van der Waals surface area contributed by atoms with Crippen LogP contribution in [0.2, 0.25) is 0 Å². The van der Waals surface area contributed by atoms with Crippen molar-refractivity contribution in [2.45, 2.75) is 44.6 Å². The predicted octanol–water partition coefficient (Wildman–Crippen LogP) is 3.37. The minimum Gasteiger partial charge on any atom is -0.404 e. The third-order valence-electron chi connectivity index (χ3n) is 6.17. The number of hydrogen-bond donors (Lipinski definition) is 4. The highest BCUT2D eigenvalue weighted by molar-refractivity contribution is 6.08. The van der Waals surface area contributed by atoms with E-state index in [-0.39, 0.29) is 6.61 Å². The third kappa shape index (κ3) is 4.49. The predicted molar refractivity (Wildman–Crippen MR) is 127 cm³/mol. The molecule has 1 saturated carbocycles. The normalized spacial score (nSPS) is 16.3. The smallest absolute Gasteiger partial charge is 0.278 e. The van der Waals surface area contributed by atoms with Gasteiger partial charge in [-0.25, -0.2) is 9.97 Å². The molecule has 33 heavy (non-hydrogen) atoms. The van der Waals surface area contributed by atoms with Gasteiger partial charge >= 0.3 is 0 Å². The summed E-state index contributed by atoms with van der Waals surface area (Å²) in [5, 5.41) is 24.4. The number of anilines is 1. The molecule has 0 saturated heterocycles. The lowest BCUT2D eigenvalue weighted by Gasteiger charge is -2.27. The zero-order chi connectivity index (χ0) is 23.6. The number of hydrogen-bond acceptors (Lipinski definition) is 9. The van der Waals surface area contributed by atoms with Crippen LogP contribution in [0.25, 0.3) is 17.2 Å². The highest BCUT2D eigenvalue weighted by atomic mass is 16.5. The molecule has 0 amide bonds. The molecule has 1 aliphatic rings. The lowest BCUT2D eigenvalue weighted by molar-refractivity contribution is 0.234. The fraction of sp³-hybridized carbons (Fsp3) is 0.375. The Balaban J connectivity index is 1.61. The minimum absolute atomic E-state index is 0.0324. The van der Waals surface area contributed by atoms with Gasteiger partial charge in [-0.3, -0.25) is 0 Å². The van der Waals surface area contributed by atoms with Crippen molar-refractivity contribution in [2.75, 3.05) is 11.9 Å². The Kier molecular flexibility index (Phi) is 5.99. The molecule has 9 heteroatoms. The van der Waals surface area contributed by atoms with Gasteiger partial charge < -0.3 is 26.1 Å². The molecule has 5 N–H and O–H groups in total. The van der Waals surface area contributed by atoms with E-state index in [1.54, 1.807) is 12.4 Å². The number of aliphatic hydroxyl groups excluding tert-OH is 1. The lowest BCUT2D eigenvalue weighted by Crippen LogP contribution is -2.35. The zero-order valence-corrected chi connectivity index (χ0v) is 19.0. The van der Waals surface area contributed by atoms with Crippen LogP contribution in [-0.4, -0.2) is 43.6 Å². The Morgan fingerprint density at radius 2 is 1.94 bits per heavy atom. The molecule has 0 aliphatic heterocycles. The van der Waals surface area contributed by atoms with E-state index in [1.165, 1.54) is 12.4 Å². The minimum atomic E-state index is -0.505. The topological polar surface area (TPSA) is 147 Å². The average molecular weight is 448 g/mol. The van der Waals surface area contributed by atoms with Crippen molar-refractivity contribution in [1.29, 1.82) is 5.41 Å². The number of rotatable bonds is 9. The Labute approximate surface area is 192 Å². The first kappa shape index (κ1) is 22.6. The molecule has 0 radical (unpaired) electrons. The van der Waals surface area contributed by atoms with Crippen molar-refractivity contribution in [1.82, 2.24) is 20.1 Å². The molecule has 0 spiro atoms. The summed E-state index contributed by atoms with van der Waals surface area (Å²) in [7, 11) is 0. The molecule has 3 aromatic rings. The summed E-state index contributed by atoms with van der Waals surface area (Å²) < 4.78 is 5.58. The molecular formula is C24H29N7O2. The van der Waals surface area contributed by atoms with Gasteiger partial charge in [0.05, 0.1) is 30.0 Å². The molecule has 4 rings (SSSR count). The molecule has 1 unspecified atom stereocenters. The van der Waals surface area contributed by atoms with E-state index in [1.807, 2.05) is 38.1 Å². The second kappa shape index (κ2) is 8.74. The molecule has 1 aliphatic carbocycles. The van der Waals surface area contributed by atoms with Crippen LogP contribution in [0.15, 0.2) is 47.4 Å². The van der Waals surface area contributed by atoms with Crippen LogP contribution < -0.4 is 11.1 Å². The van der Waals surface area contributed by atoms with E-state index in [2.05, 4.69) is 27.4 Å². The summed E-state index contributed by atoms with van der Waals surface area (Å²) in [5.41, 5.74) is 7.83. The van der Waals surface area contributed by atoms with Crippen molar-refractivity contribution in [3.05, 3.63) is 59.8 Å². The monoisotopic (exact) mass is 447 g/mol. The summed E-state index contributed by atoms with van der Waals surface area (Å²) in [4.78, 5) is 13.5. The maximum Gasteiger partial charge on any atom is 0.278 e. The fourth-order valence-corrected chi connectivity index (χ4v) is 3.87. The second-order valence-electron chi connectivity index (χ2n) is 9.20. The van der Waals surface area contributed by atoms with Crippen molar-refractivity contribution >= 4 is 17.6 Å². The van der Waals surface area contributed by atoms with Crippen LogP contribution in [0, 0.1) is 11.3 Å². The van der Waals surface area contributed by atoms with Crippen LogP contribution in [0.1, 0.15) is 50.6 Å². The van der Waals surface area contributed by atoms with Gasteiger partial charge in [-0.1, -0.05) is 29.4 Å². The average Bonchev–Trinajstić information content (AvgIpc) is 3.57. The molecule has 1 fully saturated rings. The van der Waals surface area contributed by atoms with Crippen molar-refractivity contribution in [2.24, 2.45) is 11.7 Å². The first-order valence-electron chi connectivity index (χ1n) is 10.9. The van der Waals surface area contributed by atoms with Gasteiger partial charge in [-0.05, 0) is 50.7 Å². The van der Waals surface area contributed by atoms with Gasteiger partial charge in [-0.2, -0.15) is 4.98 Å². The van der Waals surface area contributed by atoms with Gasteiger partial charge in [0.25, 0.3) is 5.89 Å². The van der Waals surface area contributed by atoms with E-state index in [0.717, 1.165) is 24.0 Å². The van der Waals surface area contributed by atoms with Gasteiger partial charge in [0.2, 0.25) is 0 Å². The van der Waals surface area contributed by atoms with Crippen LogP contribution >= 0.6 is 0 Å². The standard InChI is InChI=1S/C24H29N7O2/c1-23(2,14-32)30-20-13-27-19(12-28-20)21-29-22(31-33-21)24(3,18-8-9-18)17-6-4-15(5-7-17)16(10-25)11-26/h4-7,10-13,18,25,32H,8-9,14,26H2,1-3H3,(H,28,30)/b16-11+,25-10?. The van der Waals surface area contributed by atoms with E-state index in [0.29, 0.717) is 34.7 Å². The molecule has 1 aromatic carbocycles. The number of allylic oxidation sites excluding steroid dienone is 1. The lowest BCUT2D eigenvalue weighted by atomic mass is 9.76. The molecule has 172 valence electrons. The maximum absolute atomic E-state index is 9.42. The molecular weight excluding hydrogens is 418 g/mol. The second-order valence-corrected chi connectivity index (χ2v) is 9.20. The maximum atomic E-state index is 9.42. The summed E-state index contributed by atoms with van der Waals surface area (Å²) in [5.74, 6) is 1.89. The largest absolute Gasteiger partial charge is 0.404 e. The third-order valence-corrected chi connectivity index (χ3v) is 6.17. The highest BCUT2D eigenvalue weighted by Gasteiger charge is 2.47. The van der Waals surface area contributed by atoms with Crippen molar-refractivity contribution < 1.29 is 9.63 Å². The van der Waals surface area contributed by atoms with E-state index in [9.17, 15) is 5.11 Å². The van der Waals surface area contributed by atoms with E-state index >= 15 is 0 Å². The van der Waals surface area contributed by atoms with Gasteiger partial charge in [-0.15, -0.1) is 0 Å². The number of nitrogens with one attached hydrogen (secondary N) is 2. The number of benzene rings is 1. The molecule has 9 nitrogen and oxygen atoms in total.